The van der Waals surface area contributed by atoms with E-state index in [1.54, 1.807) is 24.3 Å². The van der Waals surface area contributed by atoms with E-state index in [1.165, 1.54) is 32.4 Å². The van der Waals surface area contributed by atoms with Crippen molar-refractivity contribution in [3.8, 4) is 17.2 Å². The highest BCUT2D eigenvalue weighted by atomic mass is 32.2. The smallest absolute Gasteiger partial charge is 0.264 e. The Morgan fingerprint density at radius 3 is 2.06 bits per heavy atom. The normalized spacial score (nSPS) is 11.0. The van der Waals surface area contributed by atoms with Gasteiger partial charge in [-0.1, -0.05) is 35.4 Å². The number of carbonyl (C=O) groups excluding carboxylic acids is 1. The fourth-order valence-electron chi connectivity index (χ4n) is 3.31. The summed E-state index contributed by atoms with van der Waals surface area (Å²) in [6.07, 6.45) is 0. The van der Waals surface area contributed by atoms with Crippen molar-refractivity contribution in [2.75, 3.05) is 38.2 Å². The van der Waals surface area contributed by atoms with Crippen LogP contribution in [0.3, 0.4) is 0 Å². The summed E-state index contributed by atoms with van der Waals surface area (Å²) < 4.78 is 44.3. The molecule has 1 N–H and O–H groups in total. The Hall–Kier alpha value is -3.72. The van der Waals surface area contributed by atoms with E-state index >= 15 is 0 Å². The van der Waals surface area contributed by atoms with Gasteiger partial charge in [-0.05, 0) is 50.2 Å². The van der Waals surface area contributed by atoms with E-state index in [0.29, 0.717) is 17.2 Å². The lowest BCUT2D eigenvalue weighted by Crippen LogP contribution is -2.42. The van der Waals surface area contributed by atoms with Crippen molar-refractivity contribution in [3.05, 3.63) is 77.9 Å². The number of ether oxygens (including phenoxy) is 3. The summed E-state index contributed by atoms with van der Waals surface area (Å²) in [5.74, 6) is 1.02. The Bertz CT molecular complexity index is 1240. The minimum absolute atomic E-state index is 0.0772. The molecule has 35 heavy (non-hydrogen) atoms. The van der Waals surface area contributed by atoms with Crippen LogP contribution in [0.15, 0.2) is 71.6 Å². The molecule has 0 bridgehead atoms. The molecule has 3 aromatic carbocycles. The zero-order valence-corrected chi connectivity index (χ0v) is 21.1. The highest BCUT2D eigenvalue weighted by Crippen LogP contribution is 2.33. The summed E-state index contributed by atoms with van der Waals surface area (Å²) in [5.41, 5.74) is 2.32. The van der Waals surface area contributed by atoms with Crippen LogP contribution in [-0.2, 0) is 14.8 Å². The quantitative estimate of drug-likeness (QED) is 0.405. The van der Waals surface area contributed by atoms with Gasteiger partial charge in [-0.25, -0.2) is 8.42 Å². The van der Waals surface area contributed by atoms with Gasteiger partial charge in [0.25, 0.3) is 10.0 Å². The van der Waals surface area contributed by atoms with Gasteiger partial charge in [0.2, 0.25) is 5.91 Å². The number of hydrogen-bond acceptors (Lipinski definition) is 6. The van der Waals surface area contributed by atoms with E-state index in [1.807, 2.05) is 38.1 Å². The fraction of sp³-hybridized carbons (Fsp3) is 0.269. The molecular weight excluding hydrogens is 468 g/mol. The zero-order chi connectivity index (χ0) is 25.4. The first-order chi connectivity index (χ1) is 16.7. The third-order valence-corrected chi connectivity index (χ3v) is 7.05. The molecule has 0 atom stereocenters. The summed E-state index contributed by atoms with van der Waals surface area (Å²) in [6, 6.07) is 18.7. The number of hydrogen-bond donors (Lipinski definition) is 1. The number of nitrogens with one attached hydrogen (secondary N) is 1. The van der Waals surface area contributed by atoms with Gasteiger partial charge < -0.3 is 19.5 Å². The molecule has 0 aliphatic rings. The molecule has 0 saturated heterocycles. The molecule has 0 saturated carbocycles. The largest absolute Gasteiger partial charge is 0.493 e. The van der Waals surface area contributed by atoms with Gasteiger partial charge in [-0.2, -0.15) is 0 Å². The van der Waals surface area contributed by atoms with E-state index in [9.17, 15) is 13.2 Å². The summed E-state index contributed by atoms with van der Waals surface area (Å²) >= 11 is 0. The molecule has 0 unspecified atom stereocenters. The Morgan fingerprint density at radius 2 is 1.46 bits per heavy atom. The SMILES string of the molecule is COc1ccc(N(CC(=O)NCCOc2ccc(C)cc2)S(=O)(=O)c2ccc(C)cc2)cc1OC. The molecule has 0 spiro atoms. The number of benzene rings is 3. The van der Waals surface area contributed by atoms with Gasteiger partial charge in [-0.3, -0.25) is 9.10 Å². The third-order valence-electron chi connectivity index (χ3n) is 5.27. The molecule has 0 radical (unpaired) electrons. The van der Waals surface area contributed by atoms with Crippen LogP contribution in [0.25, 0.3) is 0 Å². The molecule has 0 aliphatic carbocycles. The minimum atomic E-state index is -4.04. The van der Waals surface area contributed by atoms with Crippen LogP contribution >= 0.6 is 0 Å². The van der Waals surface area contributed by atoms with Crippen molar-refractivity contribution in [1.82, 2.24) is 5.32 Å². The first-order valence-corrected chi connectivity index (χ1v) is 12.5. The molecule has 9 heteroatoms. The molecule has 0 fully saturated rings. The first kappa shape index (κ1) is 25.9. The van der Waals surface area contributed by atoms with Crippen LogP contribution in [0.2, 0.25) is 0 Å². The summed E-state index contributed by atoms with van der Waals surface area (Å²) in [5, 5.41) is 2.72. The molecule has 1 amide bonds. The van der Waals surface area contributed by atoms with E-state index < -0.39 is 22.5 Å². The first-order valence-electron chi connectivity index (χ1n) is 11.0. The van der Waals surface area contributed by atoms with Crippen LogP contribution in [0.5, 0.6) is 17.2 Å². The third kappa shape index (κ3) is 6.66. The highest BCUT2D eigenvalue weighted by molar-refractivity contribution is 7.92. The zero-order valence-electron chi connectivity index (χ0n) is 20.3. The molecule has 0 aromatic heterocycles. The maximum absolute atomic E-state index is 13.5. The van der Waals surface area contributed by atoms with Crippen LogP contribution < -0.4 is 23.8 Å². The minimum Gasteiger partial charge on any atom is -0.493 e. The molecule has 3 aromatic rings. The van der Waals surface area contributed by atoms with Crippen LogP contribution in [0.1, 0.15) is 11.1 Å². The number of anilines is 1. The lowest BCUT2D eigenvalue weighted by Gasteiger charge is -2.25. The van der Waals surface area contributed by atoms with Crippen LogP contribution in [0, 0.1) is 13.8 Å². The number of carbonyl (C=O) groups is 1. The van der Waals surface area contributed by atoms with E-state index in [2.05, 4.69) is 5.32 Å². The van der Waals surface area contributed by atoms with Crippen molar-refractivity contribution in [2.24, 2.45) is 0 Å². The number of aryl methyl sites for hydroxylation is 2. The second-order valence-corrected chi connectivity index (χ2v) is 9.74. The maximum atomic E-state index is 13.5. The Balaban J connectivity index is 1.78. The monoisotopic (exact) mass is 498 g/mol. The van der Waals surface area contributed by atoms with Crippen molar-refractivity contribution in [1.29, 1.82) is 0 Å². The van der Waals surface area contributed by atoms with Crippen molar-refractivity contribution in [2.45, 2.75) is 18.7 Å². The lowest BCUT2D eigenvalue weighted by atomic mass is 10.2. The summed E-state index contributed by atoms with van der Waals surface area (Å²) in [4.78, 5) is 12.8. The van der Waals surface area contributed by atoms with E-state index in [4.69, 9.17) is 14.2 Å². The highest BCUT2D eigenvalue weighted by Gasteiger charge is 2.28. The summed E-state index contributed by atoms with van der Waals surface area (Å²) in [7, 11) is -1.09. The molecular formula is C26H30N2O6S. The number of rotatable bonds is 11. The topological polar surface area (TPSA) is 94.2 Å². The van der Waals surface area contributed by atoms with Crippen molar-refractivity contribution in [3.63, 3.8) is 0 Å². The Morgan fingerprint density at radius 1 is 0.857 bits per heavy atom. The fourth-order valence-corrected chi connectivity index (χ4v) is 4.73. The number of sulfonamides is 1. The molecule has 0 aliphatic heterocycles. The second kappa shape index (κ2) is 11.6. The molecule has 3 rings (SSSR count). The van der Waals surface area contributed by atoms with Gasteiger partial charge in [-0.15, -0.1) is 0 Å². The number of methoxy groups -OCH3 is 2. The van der Waals surface area contributed by atoms with E-state index in [-0.39, 0.29) is 23.7 Å². The van der Waals surface area contributed by atoms with Crippen molar-refractivity contribution >= 4 is 21.6 Å². The second-order valence-electron chi connectivity index (χ2n) is 7.88. The predicted molar refractivity (Wildman–Crippen MR) is 135 cm³/mol. The van der Waals surface area contributed by atoms with Crippen molar-refractivity contribution < 1.29 is 27.4 Å². The van der Waals surface area contributed by atoms with Gasteiger partial charge >= 0.3 is 0 Å². The van der Waals surface area contributed by atoms with Gasteiger partial charge in [0.15, 0.2) is 11.5 Å². The van der Waals surface area contributed by atoms with Crippen LogP contribution in [0.4, 0.5) is 5.69 Å². The van der Waals surface area contributed by atoms with Gasteiger partial charge in [0.05, 0.1) is 31.3 Å². The molecule has 0 heterocycles. The number of nitrogens with zero attached hydrogens (tertiary/aromatic N) is 1. The number of amides is 1. The average Bonchev–Trinajstić information content (AvgIpc) is 2.86. The van der Waals surface area contributed by atoms with Gasteiger partial charge in [0, 0.05) is 6.07 Å². The lowest BCUT2D eigenvalue weighted by molar-refractivity contribution is -0.119. The van der Waals surface area contributed by atoms with Gasteiger partial charge in [0.1, 0.15) is 18.9 Å². The molecule has 186 valence electrons. The average molecular weight is 499 g/mol. The van der Waals surface area contributed by atoms with E-state index in [0.717, 1.165) is 15.4 Å². The maximum Gasteiger partial charge on any atom is 0.264 e. The summed E-state index contributed by atoms with van der Waals surface area (Å²) in [6.45, 7) is 3.90. The Labute approximate surface area is 206 Å². The van der Waals surface area contributed by atoms with Crippen LogP contribution in [-0.4, -0.2) is 48.2 Å². The predicted octanol–water partition coefficient (Wildman–Crippen LogP) is 3.71. The Kier molecular flexibility index (Phi) is 8.59. The molecule has 8 nitrogen and oxygen atoms in total. The standard InChI is InChI=1S/C26H30N2O6S/c1-19-5-10-22(11-6-19)34-16-15-27-26(29)18-28(21-9-14-24(32-3)25(17-21)33-4)35(30,31)23-12-7-20(2)8-13-23/h5-14,17H,15-16,18H2,1-4H3,(H,27,29).